The van der Waals surface area contributed by atoms with Gasteiger partial charge in [0.15, 0.2) is 5.17 Å². The summed E-state index contributed by atoms with van der Waals surface area (Å²) in [5, 5.41) is 8.64. The predicted molar refractivity (Wildman–Crippen MR) is 109 cm³/mol. The van der Waals surface area contributed by atoms with Gasteiger partial charge in [0.2, 0.25) is 0 Å². The molecule has 0 atom stereocenters. The minimum absolute atomic E-state index is 0.446. The van der Waals surface area contributed by atoms with Gasteiger partial charge in [-0.3, -0.25) is 0 Å². The monoisotopic (exact) mass is 355 g/mol. The van der Waals surface area contributed by atoms with Crippen LogP contribution in [-0.2, 0) is 5.75 Å². The Morgan fingerprint density at radius 2 is 2.00 bits per heavy atom. The van der Waals surface area contributed by atoms with Crippen molar-refractivity contribution in [2.45, 2.75) is 32.4 Å². The van der Waals surface area contributed by atoms with Crippen LogP contribution in [0, 0.1) is 6.92 Å². The van der Waals surface area contributed by atoms with Crippen molar-refractivity contribution in [3.63, 3.8) is 0 Å². The first kappa shape index (κ1) is 19.1. The van der Waals surface area contributed by atoms with E-state index < -0.39 is 0 Å². The lowest BCUT2D eigenvalue weighted by Gasteiger charge is -2.09. The molecule has 0 unspecified atom stereocenters. The topological polar surface area (TPSA) is 60.0 Å². The van der Waals surface area contributed by atoms with Gasteiger partial charge in [0.25, 0.3) is 0 Å². The number of nitrogens with two attached hydrogens (primary N) is 1. The van der Waals surface area contributed by atoms with Crippen molar-refractivity contribution >= 4 is 23.1 Å². The number of hydrogen-bond acceptors (Lipinski definition) is 4. The van der Waals surface area contributed by atoms with Gasteiger partial charge in [0, 0.05) is 11.3 Å². The van der Waals surface area contributed by atoms with E-state index in [9.17, 15) is 0 Å². The Balaban J connectivity index is 1.96. The number of ether oxygens (including phenoxy) is 1. The molecule has 0 radical (unpaired) electrons. The van der Waals surface area contributed by atoms with Gasteiger partial charge >= 0.3 is 0 Å². The normalized spacial score (nSPS) is 11.8. The molecular weight excluding hydrogens is 330 g/mol. The van der Waals surface area contributed by atoms with E-state index in [4.69, 9.17) is 10.5 Å². The maximum absolute atomic E-state index is 5.92. The molecule has 0 bridgehead atoms. The standard InChI is InChI=1S/C20H25N3OS/c1-3-4-12-24-19-11-10-16(2)13-18(19)14-22-23-20(21)25-15-17-8-6-5-7-9-17/h5-11,13-14H,3-4,12,15H2,1-2H3,(H2,21,23). The van der Waals surface area contributed by atoms with Gasteiger partial charge in [-0.25, -0.2) is 0 Å². The van der Waals surface area contributed by atoms with Crippen molar-refractivity contribution < 1.29 is 4.74 Å². The number of aryl methyl sites for hydroxylation is 1. The largest absolute Gasteiger partial charge is 0.493 e. The maximum atomic E-state index is 5.92. The van der Waals surface area contributed by atoms with E-state index in [0.717, 1.165) is 35.5 Å². The van der Waals surface area contributed by atoms with Crippen LogP contribution in [0.15, 0.2) is 58.7 Å². The van der Waals surface area contributed by atoms with Crippen molar-refractivity contribution in [3.05, 3.63) is 65.2 Å². The summed E-state index contributed by atoms with van der Waals surface area (Å²) in [6.45, 7) is 4.89. The van der Waals surface area contributed by atoms with Crippen LogP contribution in [0.4, 0.5) is 0 Å². The number of thioether (sulfide) groups is 1. The van der Waals surface area contributed by atoms with Crippen LogP contribution in [0.25, 0.3) is 0 Å². The minimum atomic E-state index is 0.446. The molecule has 0 aliphatic heterocycles. The van der Waals surface area contributed by atoms with Gasteiger partial charge in [-0.2, -0.15) is 5.10 Å². The molecule has 25 heavy (non-hydrogen) atoms. The van der Waals surface area contributed by atoms with Crippen LogP contribution in [0.1, 0.15) is 36.5 Å². The highest BCUT2D eigenvalue weighted by Gasteiger charge is 2.02. The van der Waals surface area contributed by atoms with Crippen molar-refractivity contribution in [2.24, 2.45) is 15.9 Å². The third kappa shape index (κ3) is 7.01. The van der Waals surface area contributed by atoms with Gasteiger partial charge in [-0.1, -0.05) is 67.1 Å². The summed E-state index contributed by atoms with van der Waals surface area (Å²) in [4.78, 5) is 0. The number of nitrogens with zero attached hydrogens (tertiary/aromatic N) is 2. The van der Waals surface area contributed by atoms with Gasteiger partial charge in [0.1, 0.15) is 5.75 Å². The van der Waals surface area contributed by atoms with Crippen LogP contribution >= 0.6 is 11.8 Å². The smallest absolute Gasteiger partial charge is 0.180 e. The molecule has 0 aliphatic carbocycles. The molecular formula is C20H25N3OS. The van der Waals surface area contributed by atoms with Gasteiger partial charge in [-0.05, 0) is 31.0 Å². The Morgan fingerprint density at radius 1 is 1.20 bits per heavy atom. The second kappa shape index (κ2) is 10.6. The zero-order chi connectivity index (χ0) is 17.9. The highest BCUT2D eigenvalue weighted by atomic mass is 32.2. The van der Waals surface area contributed by atoms with Crippen LogP contribution in [0.5, 0.6) is 5.75 Å². The molecule has 0 heterocycles. The van der Waals surface area contributed by atoms with Crippen molar-refractivity contribution in [1.29, 1.82) is 0 Å². The minimum Gasteiger partial charge on any atom is -0.493 e. The lowest BCUT2D eigenvalue weighted by Crippen LogP contribution is -2.06. The molecule has 4 nitrogen and oxygen atoms in total. The van der Waals surface area contributed by atoms with Crippen LogP contribution in [0.3, 0.4) is 0 Å². The SMILES string of the molecule is CCCCOc1ccc(C)cc1C=NN=C(N)SCc1ccccc1. The zero-order valence-corrected chi connectivity index (χ0v) is 15.6. The summed E-state index contributed by atoms with van der Waals surface area (Å²) >= 11 is 1.47. The molecule has 0 spiro atoms. The molecule has 0 amide bonds. The molecule has 0 saturated heterocycles. The summed E-state index contributed by atoms with van der Waals surface area (Å²) < 4.78 is 5.82. The van der Waals surface area contributed by atoms with Crippen molar-refractivity contribution in [3.8, 4) is 5.75 Å². The molecule has 132 valence electrons. The van der Waals surface area contributed by atoms with E-state index in [1.807, 2.05) is 43.3 Å². The number of amidine groups is 1. The first-order chi connectivity index (χ1) is 12.2. The van der Waals surface area contributed by atoms with E-state index in [2.05, 4.69) is 29.3 Å². The van der Waals surface area contributed by atoms with E-state index in [1.165, 1.54) is 17.3 Å². The highest BCUT2D eigenvalue weighted by molar-refractivity contribution is 8.13. The number of rotatable bonds is 8. The van der Waals surface area contributed by atoms with Gasteiger partial charge in [-0.15, -0.1) is 5.10 Å². The molecule has 5 heteroatoms. The third-order valence-electron chi connectivity index (χ3n) is 3.50. The summed E-state index contributed by atoms with van der Waals surface area (Å²) in [6, 6.07) is 16.2. The van der Waals surface area contributed by atoms with Crippen LogP contribution in [-0.4, -0.2) is 18.0 Å². The predicted octanol–water partition coefficient (Wildman–Crippen LogP) is 4.76. The highest BCUT2D eigenvalue weighted by Crippen LogP contribution is 2.19. The third-order valence-corrected chi connectivity index (χ3v) is 4.36. The fourth-order valence-corrected chi connectivity index (χ4v) is 2.75. The molecule has 2 N–H and O–H groups in total. The Bertz CT molecular complexity index is 714. The Hall–Kier alpha value is -2.27. The Morgan fingerprint density at radius 3 is 2.76 bits per heavy atom. The molecule has 0 aromatic heterocycles. The Labute approximate surface area is 154 Å². The summed E-state index contributed by atoms with van der Waals surface area (Å²) in [7, 11) is 0. The number of unbranched alkanes of at least 4 members (excludes halogenated alkanes) is 1. The first-order valence-corrected chi connectivity index (χ1v) is 9.44. The van der Waals surface area contributed by atoms with Crippen molar-refractivity contribution in [1.82, 2.24) is 0 Å². The van der Waals surface area contributed by atoms with Crippen molar-refractivity contribution in [2.75, 3.05) is 6.61 Å². The number of hydrogen-bond donors (Lipinski definition) is 1. The van der Waals surface area contributed by atoms with E-state index in [-0.39, 0.29) is 0 Å². The first-order valence-electron chi connectivity index (χ1n) is 8.45. The quantitative estimate of drug-likeness (QED) is 0.321. The second-order valence-electron chi connectivity index (χ2n) is 5.70. The molecule has 2 rings (SSSR count). The molecule has 2 aromatic rings. The summed E-state index contributed by atoms with van der Waals surface area (Å²) in [5.74, 6) is 1.61. The average Bonchev–Trinajstić information content (AvgIpc) is 2.63. The molecule has 2 aromatic carbocycles. The lowest BCUT2D eigenvalue weighted by molar-refractivity contribution is 0.309. The van der Waals surface area contributed by atoms with E-state index in [0.29, 0.717) is 11.8 Å². The molecule has 0 aliphatic rings. The summed E-state index contributed by atoms with van der Waals surface area (Å²) in [6.07, 6.45) is 3.84. The number of benzene rings is 2. The van der Waals surface area contributed by atoms with E-state index in [1.54, 1.807) is 6.21 Å². The van der Waals surface area contributed by atoms with Gasteiger partial charge in [0.05, 0.1) is 12.8 Å². The van der Waals surface area contributed by atoms with Crippen LogP contribution in [0.2, 0.25) is 0 Å². The van der Waals surface area contributed by atoms with Crippen LogP contribution < -0.4 is 10.5 Å². The summed E-state index contributed by atoms with van der Waals surface area (Å²) in [5.41, 5.74) is 9.20. The molecule has 0 fully saturated rings. The van der Waals surface area contributed by atoms with E-state index >= 15 is 0 Å². The zero-order valence-electron chi connectivity index (χ0n) is 14.8. The molecule has 0 saturated carbocycles. The fourth-order valence-electron chi connectivity index (χ4n) is 2.14. The Kier molecular flexibility index (Phi) is 8.05. The second-order valence-corrected chi connectivity index (χ2v) is 6.70. The van der Waals surface area contributed by atoms with Gasteiger partial charge < -0.3 is 10.5 Å². The maximum Gasteiger partial charge on any atom is 0.180 e. The fraction of sp³-hybridized carbons (Fsp3) is 0.300. The average molecular weight is 356 g/mol. The lowest BCUT2D eigenvalue weighted by atomic mass is 10.1.